The van der Waals surface area contributed by atoms with Crippen molar-refractivity contribution in [2.75, 3.05) is 13.1 Å². The van der Waals surface area contributed by atoms with Crippen LogP contribution in [0.3, 0.4) is 0 Å². The zero-order valence-corrected chi connectivity index (χ0v) is 8.54. The van der Waals surface area contributed by atoms with Crippen LogP contribution in [0.1, 0.15) is 25.3 Å². The van der Waals surface area contributed by atoms with Crippen LogP contribution in [0.2, 0.25) is 0 Å². The van der Waals surface area contributed by atoms with Crippen molar-refractivity contribution >= 4 is 0 Å². The Labute approximate surface area is 79.1 Å². The molecule has 1 saturated heterocycles. The first-order valence-electron chi connectivity index (χ1n) is 4.79. The van der Waals surface area contributed by atoms with E-state index in [9.17, 15) is 0 Å². The van der Waals surface area contributed by atoms with Gasteiger partial charge in [-0.1, -0.05) is 13.8 Å². The third-order valence-corrected chi connectivity index (χ3v) is 3.00. The Balaban J connectivity index is 2.26. The Kier molecular flexibility index (Phi) is 1.91. The molecule has 0 radical (unpaired) electrons. The molecular formula is C10H17N3. The fourth-order valence-electron chi connectivity index (χ4n) is 2.13. The van der Waals surface area contributed by atoms with Crippen LogP contribution in [0.4, 0.5) is 0 Å². The Morgan fingerprint density at radius 2 is 2.38 bits per heavy atom. The van der Waals surface area contributed by atoms with Gasteiger partial charge in [0, 0.05) is 32.3 Å². The average molecular weight is 179 g/mol. The maximum atomic E-state index is 4.22. The summed E-state index contributed by atoms with van der Waals surface area (Å²) in [7, 11) is 1.97. The van der Waals surface area contributed by atoms with Crippen molar-refractivity contribution in [2.45, 2.75) is 19.8 Å². The van der Waals surface area contributed by atoms with Gasteiger partial charge in [0.25, 0.3) is 0 Å². The second-order valence-electron chi connectivity index (χ2n) is 4.62. The number of hydrogen-bond donors (Lipinski definition) is 1. The number of aryl methyl sites for hydroxylation is 1. The molecule has 1 aromatic heterocycles. The molecule has 13 heavy (non-hydrogen) atoms. The lowest BCUT2D eigenvalue weighted by Crippen LogP contribution is -2.20. The van der Waals surface area contributed by atoms with E-state index in [4.69, 9.17) is 0 Å². The van der Waals surface area contributed by atoms with E-state index in [1.54, 1.807) is 0 Å². The molecule has 0 saturated carbocycles. The average Bonchev–Trinajstić information content (AvgIpc) is 2.56. The van der Waals surface area contributed by atoms with Gasteiger partial charge in [0.2, 0.25) is 0 Å². The smallest absolute Gasteiger partial charge is 0.0525 e. The van der Waals surface area contributed by atoms with Crippen LogP contribution in [0.25, 0.3) is 0 Å². The fraction of sp³-hybridized carbons (Fsp3) is 0.700. The molecule has 0 aromatic carbocycles. The molecule has 72 valence electrons. The Morgan fingerprint density at radius 1 is 1.62 bits per heavy atom. The first-order chi connectivity index (χ1) is 6.09. The number of nitrogens with one attached hydrogen (secondary N) is 1. The summed E-state index contributed by atoms with van der Waals surface area (Å²) in [5.74, 6) is 0.612. The molecule has 2 rings (SSSR count). The predicted molar refractivity (Wildman–Crippen MR) is 52.6 cm³/mol. The highest BCUT2D eigenvalue weighted by molar-refractivity contribution is 5.18. The van der Waals surface area contributed by atoms with Crippen LogP contribution in [0.15, 0.2) is 12.4 Å². The third-order valence-electron chi connectivity index (χ3n) is 3.00. The monoisotopic (exact) mass is 179 g/mol. The summed E-state index contributed by atoms with van der Waals surface area (Å²) in [6.45, 7) is 6.81. The number of rotatable bonds is 1. The number of aromatic nitrogens is 2. The quantitative estimate of drug-likeness (QED) is 0.700. The molecule has 1 N–H and O–H groups in total. The first-order valence-corrected chi connectivity index (χ1v) is 4.79. The van der Waals surface area contributed by atoms with E-state index in [0.29, 0.717) is 11.3 Å². The number of hydrogen-bond acceptors (Lipinski definition) is 2. The second-order valence-corrected chi connectivity index (χ2v) is 4.62. The van der Waals surface area contributed by atoms with Gasteiger partial charge in [-0.3, -0.25) is 4.68 Å². The van der Waals surface area contributed by atoms with Gasteiger partial charge >= 0.3 is 0 Å². The molecule has 3 nitrogen and oxygen atoms in total. The minimum atomic E-state index is 0.364. The topological polar surface area (TPSA) is 29.9 Å². The summed E-state index contributed by atoms with van der Waals surface area (Å²) in [6, 6.07) is 0. The zero-order chi connectivity index (χ0) is 9.47. The summed E-state index contributed by atoms with van der Waals surface area (Å²) in [6.07, 6.45) is 4.11. The second kappa shape index (κ2) is 2.84. The molecule has 1 aliphatic rings. The molecular weight excluding hydrogens is 162 g/mol. The first kappa shape index (κ1) is 8.75. The molecule has 2 heterocycles. The van der Waals surface area contributed by atoms with E-state index in [-0.39, 0.29) is 0 Å². The highest BCUT2D eigenvalue weighted by Crippen LogP contribution is 2.37. The largest absolute Gasteiger partial charge is 0.316 e. The molecule has 0 aliphatic carbocycles. The molecule has 3 heteroatoms. The molecule has 0 spiro atoms. The normalized spacial score (nSPS) is 26.5. The highest BCUT2D eigenvalue weighted by atomic mass is 15.2. The summed E-state index contributed by atoms with van der Waals surface area (Å²) in [5, 5.41) is 7.65. The van der Waals surface area contributed by atoms with E-state index in [1.807, 2.05) is 17.9 Å². The molecule has 1 fully saturated rings. The summed E-state index contributed by atoms with van der Waals surface area (Å²) >= 11 is 0. The van der Waals surface area contributed by atoms with Gasteiger partial charge < -0.3 is 5.32 Å². The van der Waals surface area contributed by atoms with Gasteiger partial charge in [0.1, 0.15) is 0 Å². The molecule has 1 atom stereocenters. The minimum Gasteiger partial charge on any atom is -0.316 e. The van der Waals surface area contributed by atoms with Crippen molar-refractivity contribution in [3.05, 3.63) is 18.0 Å². The van der Waals surface area contributed by atoms with Gasteiger partial charge in [0.15, 0.2) is 0 Å². The van der Waals surface area contributed by atoms with Crippen LogP contribution >= 0.6 is 0 Å². The fourth-order valence-corrected chi connectivity index (χ4v) is 2.13. The van der Waals surface area contributed by atoms with Gasteiger partial charge in [-0.05, 0) is 11.0 Å². The molecule has 1 aromatic rings. The zero-order valence-electron chi connectivity index (χ0n) is 8.54. The summed E-state index contributed by atoms with van der Waals surface area (Å²) < 4.78 is 1.88. The van der Waals surface area contributed by atoms with Crippen molar-refractivity contribution in [1.82, 2.24) is 15.1 Å². The molecule has 1 aliphatic heterocycles. The van der Waals surface area contributed by atoms with E-state index >= 15 is 0 Å². The van der Waals surface area contributed by atoms with Gasteiger partial charge in [0.05, 0.1) is 6.20 Å². The lowest BCUT2D eigenvalue weighted by Gasteiger charge is -2.24. The lowest BCUT2D eigenvalue weighted by atomic mass is 9.79. The van der Waals surface area contributed by atoms with E-state index in [0.717, 1.165) is 13.1 Å². The number of nitrogens with zero attached hydrogens (tertiary/aromatic N) is 2. The lowest BCUT2D eigenvalue weighted by molar-refractivity contribution is 0.363. The maximum absolute atomic E-state index is 4.22. The Hall–Kier alpha value is -0.830. The van der Waals surface area contributed by atoms with Crippen molar-refractivity contribution in [2.24, 2.45) is 12.5 Å². The van der Waals surface area contributed by atoms with Crippen LogP contribution in [0, 0.1) is 5.41 Å². The molecule has 0 amide bonds. The van der Waals surface area contributed by atoms with Gasteiger partial charge in [-0.2, -0.15) is 5.10 Å². The Bertz CT molecular complexity index is 301. The van der Waals surface area contributed by atoms with E-state index in [2.05, 4.69) is 30.5 Å². The van der Waals surface area contributed by atoms with Crippen molar-refractivity contribution < 1.29 is 0 Å². The third kappa shape index (κ3) is 1.48. The molecule has 1 unspecified atom stereocenters. The molecule has 0 bridgehead atoms. The predicted octanol–water partition coefficient (Wildman–Crippen LogP) is 1.13. The van der Waals surface area contributed by atoms with E-state index < -0.39 is 0 Å². The van der Waals surface area contributed by atoms with Crippen molar-refractivity contribution in [3.8, 4) is 0 Å². The van der Waals surface area contributed by atoms with Crippen LogP contribution in [-0.4, -0.2) is 22.9 Å². The van der Waals surface area contributed by atoms with Crippen molar-refractivity contribution in [1.29, 1.82) is 0 Å². The minimum absolute atomic E-state index is 0.364. The van der Waals surface area contributed by atoms with Crippen LogP contribution in [0.5, 0.6) is 0 Å². The highest BCUT2D eigenvalue weighted by Gasteiger charge is 2.35. The SMILES string of the molecule is Cn1cc(C2CNCC2(C)C)cn1. The van der Waals surface area contributed by atoms with Crippen LogP contribution < -0.4 is 5.32 Å². The summed E-state index contributed by atoms with van der Waals surface area (Å²) in [5.41, 5.74) is 1.72. The van der Waals surface area contributed by atoms with Gasteiger partial charge in [-0.25, -0.2) is 0 Å². The van der Waals surface area contributed by atoms with Crippen LogP contribution in [-0.2, 0) is 7.05 Å². The summed E-state index contributed by atoms with van der Waals surface area (Å²) in [4.78, 5) is 0. The van der Waals surface area contributed by atoms with Crippen molar-refractivity contribution in [3.63, 3.8) is 0 Å². The Morgan fingerprint density at radius 3 is 2.85 bits per heavy atom. The van der Waals surface area contributed by atoms with Gasteiger partial charge in [-0.15, -0.1) is 0 Å². The standard InChI is InChI=1S/C10H17N3/c1-10(2)7-11-5-9(10)8-4-12-13(3)6-8/h4,6,9,11H,5,7H2,1-3H3. The van der Waals surface area contributed by atoms with E-state index in [1.165, 1.54) is 5.56 Å². The maximum Gasteiger partial charge on any atom is 0.0525 e.